The van der Waals surface area contributed by atoms with E-state index in [1.165, 1.54) is 18.5 Å². The summed E-state index contributed by atoms with van der Waals surface area (Å²) in [4.78, 5) is 3.86. The standard InChI is InChI=1S/C14H16BNO5/c1-19-12-2-4-13(5-3-12)20-6-7-21-14-8-11(15(17)18)9-16-10-14/h2-5,8-10,17-18H,6-7H2,1H3. The van der Waals surface area contributed by atoms with E-state index in [9.17, 15) is 0 Å². The third kappa shape index (κ3) is 4.66. The normalized spacial score (nSPS) is 10.0. The second-order valence-electron chi connectivity index (χ2n) is 4.20. The van der Waals surface area contributed by atoms with E-state index in [0.29, 0.717) is 19.0 Å². The Bertz CT molecular complexity index is 562. The van der Waals surface area contributed by atoms with Crippen molar-refractivity contribution >= 4 is 12.6 Å². The molecule has 6 nitrogen and oxygen atoms in total. The minimum absolute atomic E-state index is 0.281. The molecule has 0 aliphatic heterocycles. The van der Waals surface area contributed by atoms with E-state index in [4.69, 9.17) is 24.3 Å². The first-order valence-electron chi connectivity index (χ1n) is 6.40. The van der Waals surface area contributed by atoms with Crippen LogP contribution in [0, 0.1) is 0 Å². The number of hydrogen-bond acceptors (Lipinski definition) is 6. The fraction of sp³-hybridized carbons (Fsp3) is 0.214. The maximum Gasteiger partial charge on any atom is 0.490 e. The minimum Gasteiger partial charge on any atom is -0.497 e. The Morgan fingerprint density at radius 1 is 0.952 bits per heavy atom. The van der Waals surface area contributed by atoms with Gasteiger partial charge in [0.05, 0.1) is 13.3 Å². The Morgan fingerprint density at radius 3 is 2.19 bits per heavy atom. The number of pyridine rings is 1. The summed E-state index contributed by atoms with van der Waals surface area (Å²) < 4.78 is 16.0. The lowest BCUT2D eigenvalue weighted by molar-refractivity contribution is 0.216. The molecule has 21 heavy (non-hydrogen) atoms. The summed E-state index contributed by atoms with van der Waals surface area (Å²) in [6.45, 7) is 0.678. The average molecular weight is 289 g/mol. The SMILES string of the molecule is COc1ccc(OCCOc2cncc(B(O)O)c2)cc1. The Kier molecular flexibility index (Phi) is 5.42. The minimum atomic E-state index is -1.56. The van der Waals surface area contributed by atoms with E-state index in [1.54, 1.807) is 7.11 Å². The van der Waals surface area contributed by atoms with Crippen LogP contribution in [0.4, 0.5) is 0 Å². The van der Waals surface area contributed by atoms with Crippen LogP contribution < -0.4 is 19.7 Å². The number of methoxy groups -OCH3 is 1. The van der Waals surface area contributed by atoms with Gasteiger partial charge in [-0.05, 0) is 30.3 Å². The molecule has 0 amide bonds. The summed E-state index contributed by atoms with van der Waals surface area (Å²) >= 11 is 0. The molecule has 0 aliphatic carbocycles. The summed E-state index contributed by atoms with van der Waals surface area (Å²) in [6, 6.07) is 8.76. The van der Waals surface area contributed by atoms with Gasteiger partial charge in [-0.3, -0.25) is 4.98 Å². The molecule has 110 valence electrons. The Labute approximate surface area is 123 Å². The topological polar surface area (TPSA) is 81.0 Å². The monoisotopic (exact) mass is 289 g/mol. The van der Waals surface area contributed by atoms with Crippen LogP contribution in [0.5, 0.6) is 17.2 Å². The number of ether oxygens (including phenoxy) is 3. The van der Waals surface area contributed by atoms with Gasteiger partial charge >= 0.3 is 7.12 Å². The van der Waals surface area contributed by atoms with Crippen molar-refractivity contribution in [3.63, 3.8) is 0 Å². The molecule has 0 fully saturated rings. The molecule has 1 heterocycles. The highest BCUT2D eigenvalue weighted by Crippen LogP contribution is 2.16. The predicted molar refractivity (Wildman–Crippen MR) is 78.0 cm³/mol. The van der Waals surface area contributed by atoms with Crippen molar-refractivity contribution in [2.75, 3.05) is 20.3 Å². The van der Waals surface area contributed by atoms with Crippen LogP contribution in [0.3, 0.4) is 0 Å². The van der Waals surface area contributed by atoms with Crippen molar-refractivity contribution in [1.82, 2.24) is 4.98 Å². The molecule has 0 saturated carbocycles. The summed E-state index contributed by atoms with van der Waals surface area (Å²) in [5, 5.41) is 18.1. The van der Waals surface area contributed by atoms with Crippen molar-refractivity contribution in [3.8, 4) is 17.2 Å². The number of rotatable bonds is 7. The molecule has 0 radical (unpaired) electrons. The van der Waals surface area contributed by atoms with Crippen molar-refractivity contribution in [3.05, 3.63) is 42.7 Å². The van der Waals surface area contributed by atoms with Gasteiger partial charge in [-0.1, -0.05) is 0 Å². The van der Waals surface area contributed by atoms with Crippen LogP contribution in [0.1, 0.15) is 0 Å². The number of aromatic nitrogens is 1. The molecule has 0 aliphatic rings. The lowest BCUT2D eigenvalue weighted by Crippen LogP contribution is -2.30. The van der Waals surface area contributed by atoms with Crippen molar-refractivity contribution in [1.29, 1.82) is 0 Å². The van der Waals surface area contributed by atoms with Crippen LogP contribution in [0.2, 0.25) is 0 Å². The average Bonchev–Trinajstić information content (AvgIpc) is 2.52. The van der Waals surface area contributed by atoms with Crippen LogP contribution >= 0.6 is 0 Å². The van der Waals surface area contributed by atoms with E-state index in [-0.39, 0.29) is 5.46 Å². The molecule has 0 atom stereocenters. The first-order chi connectivity index (χ1) is 10.2. The van der Waals surface area contributed by atoms with Gasteiger partial charge < -0.3 is 24.3 Å². The lowest BCUT2D eigenvalue weighted by atomic mass is 9.82. The molecule has 2 aromatic rings. The third-order valence-electron chi connectivity index (χ3n) is 2.71. The molecule has 0 saturated heterocycles. The van der Waals surface area contributed by atoms with Gasteiger partial charge in [0, 0.05) is 11.7 Å². The molecule has 1 aromatic heterocycles. The molecule has 1 aromatic carbocycles. The largest absolute Gasteiger partial charge is 0.497 e. The zero-order valence-corrected chi connectivity index (χ0v) is 11.6. The van der Waals surface area contributed by atoms with Gasteiger partial charge in [0.15, 0.2) is 0 Å². The lowest BCUT2D eigenvalue weighted by Gasteiger charge is -2.09. The van der Waals surface area contributed by atoms with Crippen LogP contribution in [0.25, 0.3) is 0 Å². The first kappa shape index (κ1) is 15.1. The van der Waals surface area contributed by atoms with Crippen molar-refractivity contribution in [2.45, 2.75) is 0 Å². The van der Waals surface area contributed by atoms with Crippen molar-refractivity contribution in [2.24, 2.45) is 0 Å². The second-order valence-corrected chi connectivity index (χ2v) is 4.20. The molecule has 7 heteroatoms. The molecule has 0 unspecified atom stereocenters. The number of hydrogen-bond donors (Lipinski definition) is 2. The molecule has 0 spiro atoms. The summed E-state index contributed by atoms with van der Waals surface area (Å²) in [5.74, 6) is 1.94. The quantitative estimate of drug-likeness (QED) is 0.561. The molecular weight excluding hydrogens is 273 g/mol. The highest BCUT2D eigenvalue weighted by Gasteiger charge is 2.11. The number of benzene rings is 1. The first-order valence-corrected chi connectivity index (χ1v) is 6.40. The van der Waals surface area contributed by atoms with E-state index in [2.05, 4.69) is 4.98 Å². The fourth-order valence-electron chi connectivity index (χ4n) is 1.65. The Balaban J connectivity index is 1.77. The van der Waals surface area contributed by atoms with E-state index >= 15 is 0 Å². The van der Waals surface area contributed by atoms with Gasteiger partial charge in [0.2, 0.25) is 0 Å². The fourth-order valence-corrected chi connectivity index (χ4v) is 1.65. The van der Waals surface area contributed by atoms with Gasteiger partial charge in [-0.15, -0.1) is 0 Å². The van der Waals surface area contributed by atoms with E-state index < -0.39 is 7.12 Å². The number of nitrogens with zero attached hydrogens (tertiary/aromatic N) is 1. The van der Waals surface area contributed by atoms with Crippen LogP contribution in [-0.4, -0.2) is 42.5 Å². The summed E-state index contributed by atoms with van der Waals surface area (Å²) in [7, 11) is 0.0476. The molecular formula is C14H16BNO5. The predicted octanol–water partition coefficient (Wildman–Crippen LogP) is 0.228. The maximum atomic E-state index is 9.04. The Hall–Kier alpha value is -2.25. The Morgan fingerprint density at radius 2 is 1.57 bits per heavy atom. The van der Waals surface area contributed by atoms with Crippen LogP contribution in [-0.2, 0) is 0 Å². The van der Waals surface area contributed by atoms with Gasteiger partial charge in [-0.25, -0.2) is 0 Å². The smallest absolute Gasteiger partial charge is 0.490 e. The second kappa shape index (κ2) is 7.51. The molecule has 0 bridgehead atoms. The van der Waals surface area contributed by atoms with Gasteiger partial charge in [-0.2, -0.15) is 0 Å². The van der Waals surface area contributed by atoms with E-state index in [0.717, 1.165) is 11.5 Å². The zero-order valence-electron chi connectivity index (χ0n) is 11.6. The molecule has 2 rings (SSSR count). The van der Waals surface area contributed by atoms with Crippen molar-refractivity contribution < 1.29 is 24.3 Å². The summed E-state index contributed by atoms with van der Waals surface area (Å²) in [6.07, 6.45) is 2.87. The van der Waals surface area contributed by atoms with Gasteiger partial charge in [0.1, 0.15) is 30.5 Å². The molecule has 2 N–H and O–H groups in total. The highest BCUT2D eigenvalue weighted by atomic mass is 16.5. The van der Waals surface area contributed by atoms with E-state index in [1.807, 2.05) is 24.3 Å². The summed E-state index contributed by atoms with van der Waals surface area (Å²) in [5.41, 5.74) is 0.281. The highest BCUT2D eigenvalue weighted by molar-refractivity contribution is 6.58. The van der Waals surface area contributed by atoms with Gasteiger partial charge in [0.25, 0.3) is 0 Å². The maximum absolute atomic E-state index is 9.04. The third-order valence-corrected chi connectivity index (χ3v) is 2.71. The van der Waals surface area contributed by atoms with Crippen LogP contribution in [0.15, 0.2) is 42.7 Å². The zero-order chi connectivity index (χ0) is 15.1.